The Hall–Kier alpha value is -1.55. The number of amides is 1. The van der Waals surface area contributed by atoms with Gasteiger partial charge in [-0.05, 0) is 13.8 Å². The molecule has 0 aromatic heterocycles. The standard InChI is InChI=1S/C6H8N2O.C3H6O.C3H6/c1-5-7-6(9)3-4-8(5)2;1-3-2-4-3;1-3-2/h3-4H,1H2,2H3,(H,7,9);3H,2H2,1H3;3H,1H2,2H3/t;3-;/m.0./s1. The van der Waals surface area contributed by atoms with Crippen LogP contribution >= 0.6 is 0 Å². The van der Waals surface area contributed by atoms with Crippen molar-refractivity contribution >= 4 is 5.91 Å². The van der Waals surface area contributed by atoms with E-state index in [1.54, 1.807) is 17.2 Å². The molecule has 0 aliphatic carbocycles. The normalized spacial score (nSPS) is 20.9. The van der Waals surface area contributed by atoms with Crippen molar-refractivity contribution in [2.24, 2.45) is 0 Å². The van der Waals surface area contributed by atoms with Crippen molar-refractivity contribution in [2.45, 2.75) is 20.0 Å². The van der Waals surface area contributed by atoms with Crippen molar-refractivity contribution < 1.29 is 9.53 Å². The van der Waals surface area contributed by atoms with Crippen molar-refractivity contribution in [2.75, 3.05) is 13.7 Å². The number of carbonyl (C=O) groups is 1. The van der Waals surface area contributed by atoms with Gasteiger partial charge in [0.25, 0.3) is 5.91 Å². The maximum absolute atomic E-state index is 10.5. The Labute approximate surface area is 97.3 Å². The van der Waals surface area contributed by atoms with Gasteiger partial charge in [-0.1, -0.05) is 12.7 Å². The average Bonchev–Trinajstić information content (AvgIpc) is 2.97. The summed E-state index contributed by atoms with van der Waals surface area (Å²) in [4.78, 5) is 12.3. The Morgan fingerprint density at radius 2 is 2.12 bits per heavy atom. The molecule has 2 aliphatic rings. The molecule has 0 aromatic rings. The van der Waals surface area contributed by atoms with Gasteiger partial charge in [0, 0.05) is 19.3 Å². The number of nitrogens with zero attached hydrogens (tertiary/aromatic N) is 1. The lowest BCUT2D eigenvalue weighted by Gasteiger charge is -2.20. The van der Waals surface area contributed by atoms with E-state index >= 15 is 0 Å². The highest BCUT2D eigenvalue weighted by Gasteiger charge is 2.13. The molecule has 1 fully saturated rings. The average molecular weight is 224 g/mol. The molecule has 0 radical (unpaired) electrons. The number of allylic oxidation sites excluding steroid dienone is 1. The predicted molar refractivity (Wildman–Crippen MR) is 65.5 cm³/mol. The van der Waals surface area contributed by atoms with Crippen LogP contribution in [0.5, 0.6) is 0 Å². The van der Waals surface area contributed by atoms with Crippen molar-refractivity contribution in [1.29, 1.82) is 0 Å². The molecule has 4 heteroatoms. The van der Waals surface area contributed by atoms with Gasteiger partial charge >= 0.3 is 0 Å². The third kappa shape index (κ3) is 7.82. The second-order valence-electron chi connectivity index (χ2n) is 3.41. The van der Waals surface area contributed by atoms with Crippen molar-refractivity contribution in [3.05, 3.63) is 37.3 Å². The van der Waals surface area contributed by atoms with Gasteiger partial charge in [0.1, 0.15) is 5.82 Å². The molecule has 16 heavy (non-hydrogen) atoms. The lowest BCUT2D eigenvalue weighted by molar-refractivity contribution is -0.116. The summed E-state index contributed by atoms with van der Waals surface area (Å²) in [5.74, 6) is 0.501. The van der Waals surface area contributed by atoms with Gasteiger partial charge in [-0.15, -0.1) is 6.58 Å². The number of hydrogen-bond acceptors (Lipinski definition) is 3. The van der Waals surface area contributed by atoms with E-state index in [2.05, 4.69) is 25.4 Å². The Morgan fingerprint density at radius 1 is 1.69 bits per heavy atom. The summed E-state index contributed by atoms with van der Waals surface area (Å²) in [7, 11) is 1.82. The molecule has 2 aliphatic heterocycles. The topological polar surface area (TPSA) is 44.9 Å². The minimum atomic E-state index is -0.113. The van der Waals surface area contributed by atoms with E-state index in [0.717, 1.165) is 6.61 Å². The summed E-state index contributed by atoms with van der Waals surface area (Å²) in [6, 6.07) is 0. The van der Waals surface area contributed by atoms with E-state index < -0.39 is 0 Å². The lowest BCUT2D eigenvalue weighted by atomic mass is 10.4. The molecule has 0 spiro atoms. The highest BCUT2D eigenvalue weighted by Crippen LogP contribution is 2.04. The Bertz CT molecular complexity index is 281. The van der Waals surface area contributed by atoms with Gasteiger partial charge in [0.15, 0.2) is 0 Å². The first kappa shape index (κ1) is 14.5. The van der Waals surface area contributed by atoms with Crippen LogP contribution in [0.4, 0.5) is 0 Å². The summed E-state index contributed by atoms with van der Waals surface area (Å²) >= 11 is 0. The second-order valence-corrected chi connectivity index (χ2v) is 3.41. The van der Waals surface area contributed by atoms with Crippen molar-refractivity contribution in [3.8, 4) is 0 Å². The Balaban J connectivity index is 0.000000266. The number of hydrogen-bond donors (Lipinski definition) is 1. The van der Waals surface area contributed by atoms with Crippen LogP contribution in [0.2, 0.25) is 0 Å². The van der Waals surface area contributed by atoms with Gasteiger partial charge < -0.3 is 15.0 Å². The van der Waals surface area contributed by atoms with Crippen LogP contribution in [-0.4, -0.2) is 30.6 Å². The van der Waals surface area contributed by atoms with E-state index in [1.165, 1.54) is 6.08 Å². The van der Waals surface area contributed by atoms with E-state index in [4.69, 9.17) is 4.74 Å². The summed E-state index contributed by atoms with van der Waals surface area (Å²) in [5.41, 5.74) is 0. The third-order valence-corrected chi connectivity index (χ3v) is 1.64. The van der Waals surface area contributed by atoms with E-state index in [1.807, 2.05) is 14.0 Å². The third-order valence-electron chi connectivity index (χ3n) is 1.64. The number of nitrogens with one attached hydrogen (secondary N) is 1. The van der Waals surface area contributed by atoms with Crippen molar-refractivity contribution in [3.63, 3.8) is 0 Å². The predicted octanol–water partition coefficient (Wildman–Crippen LogP) is 1.63. The molecular formula is C12H20N2O2. The summed E-state index contributed by atoms with van der Waals surface area (Å²) < 4.78 is 4.71. The van der Waals surface area contributed by atoms with Crippen LogP contribution in [0, 0.1) is 0 Å². The molecule has 0 unspecified atom stereocenters. The highest BCUT2D eigenvalue weighted by atomic mass is 16.6. The van der Waals surface area contributed by atoms with Crippen LogP contribution in [-0.2, 0) is 9.53 Å². The largest absolute Gasteiger partial charge is 0.373 e. The maximum atomic E-state index is 10.5. The first-order chi connectivity index (χ1) is 7.51. The van der Waals surface area contributed by atoms with Crippen LogP contribution in [0.1, 0.15) is 13.8 Å². The lowest BCUT2D eigenvalue weighted by Crippen LogP contribution is -2.32. The highest BCUT2D eigenvalue weighted by molar-refractivity contribution is 5.89. The van der Waals surface area contributed by atoms with Crippen LogP contribution in [0.15, 0.2) is 37.3 Å². The van der Waals surface area contributed by atoms with Gasteiger partial charge in [-0.3, -0.25) is 4.79 Å². The summed E-state index contributed by atoms with van der Waals surface area (Å²) in [6.45, 7) is 11.9. The number of ether oxygens (including phenoxy) is 1. The molecule has 1 saturated heterocycles. The number of carbonyl (C=O) groups excluding carboxylic acids is 1. The number of rotatable bonds is 0. The maximum Gasteiger partial charge on any atom is 0.250 e. The van der Waals surface area contributed by atoms with Gasteiger partial charge in [0.05, 0.1) is 12.7 Å². The van der Waals surface area contributed by atoms with E-state index in [9.17, 15) is 4.79 Å². The fourth-order valence-corrected chi connectivity index (χ4v) is 0.638. The zero-order chi connectivity index (χ0) is 12.6. The molecule has 2 rings (SSSR count). The molecule has 0 bridgehead atoms. The number of epoxide rings is 1. The Morgan fingerprint density at radius 3 is 2.38 bits per heavy atom. The molecule has 1 amide bonds. The zero-order valence-corrected chi connectivity index (χ0v) is 10.2. The molecule has 1 atom stereocenters. The van der Waals surface area contributed by atoms with Crippen LogP contribution < -0.4 is 5.32 Å². The SMILES string of the molecule is C=C1NC(=O)C=CN1C.C=CC.C[C@H]1CO1. The molecule has 90 valence electrons. The fourth-order valence-electron chi connectivity index (χ4n) is 0.638. The second kappa shape index (κ2) is 7.70. The van der Waals surface area contributed by atoms with Crippen LogP contribution in [0.3, 0.4) is 0 Å². The first-order valence-electron chi connectivity index (χ1n) is 5.10. The molecular weight excluding hydrogens is 204 g/mol. The summed E-state index contributed by atoms with van der Waals surface area (Å²) in [6.07, 6.45) is 5.45. The first-order valence-corrected chi connectivity index (χ1v) is 5.10. The van der Waals surface area contributed by atoms with Gasteiger partial charge in [-0.25, -0.2) is 0 Å². The molecule has 0 saturated carbocycles. The Kier molecular flexibility index (Phi) is 6.96. The molecule has 1 N–H and O–H groups in total. The summed E-state index contributed by atoms with van der Waals surface area (Å²) in [5, 5.41) is 2.53. The minimum absolute atomic E-state index is 0.113. The monoisotopic (exact) mass is 224 g/mol. The molecule has 2 heterocycles. The van der Waals surface area contributed by atoms with Crippen molar-refractivity contribution in [1.82, 2.24) is 10.2 Å². The van der Waals surface area contributed by atoms with E-state index in [0.29, 0.717) is 11.9 Å². The van der Waals surface area contributed by atoms with Gasteiger partial charge in [0.2, 0.25) is 0 Å². The van der Waals surface area contributed by atoms with Crippen LogP contribution in [0.25, 0.3) is 0 Å². The molecule has 0 aromatic carbocycles. The molecule has 4 nitrogen and oxygen atoms in total. The smallest absolute Gasteiger partial charge is 0.250 e. The fraction of sp³-hybridized carbons (Fsp3) is 0.417. The van der Waals surface area contributed by atoms with E-state index in [-0.39, 0.29) is 5.91 Å². The quantitative estimate of drug-likeness (QED) is 0.502. The zero-order valence-electron chi connectivity index (χ0n) is 10.2. The minimum Gasteiger partial charge on any atom is -0.373 e. The van der Waals surface area contributed by atoms with Gasteiger partial charge in [-0.2, -0.15) is 0 Å².